The summed E-state index contributed by atoms with van der Waals surface area (Å²) >= 11 is 1.16. The second kappa shape index (κ2) is 10.5. The largest absolute Gasteiger partial charge is 0.451 e. The third-order valence-corrected chi connectivity index (χ3v) is 5.03. The lowest BCUT2D eigenvalue weighted by Gasteiger charge is -2.18. The van der Waals surface area contributed by atoms with E-state index in [4.69, 9.17) is 9.15 Å². The molecule has 0 spiro atoms. The molecule has 0 aliphatic heterocycles. The Hall–Kier alpha value is -3.05. The Kier molecular flexibility index (Phi) is 7.47. The van der Waals surface area contributed by atoms with Gasteiger partial charge in [-0.15, -0.1) is 0 Å². The molecule has 0 fully saturated rings. The van der Waals surface area contributed by atoms with Gasteiger partial charge in [-0.3, -0.25) is 14.5 Å². The first-order valence-electron chi connectivity index (χ1n) is 9.03. The highest BCUT2D eigenvalue weighted by molar-refractivity contribution is 7.17. The summed E-state index contributed by atoms with van der Waals surface area (Å²) < 4.78 is 11.9. The normalized spacial score (nSPS) is 10.8. The van der Waals surface area contributed by atoms with Gasteiger partial charge in [0.2, 0.25) is 5.91 Å². The van der Waals surface area contributed by atoms with Crippen LogP contribution in [0.15, 0.2) is 42.0 Å². The van der Waals surface area contributed by atoms with Gasteiger partial charge in [0.05, 0.1) is 37.8 Å². The monoisotopic (exact) mass is 418 g/mol. The number of hydrogen-bond donors (Lipinski definition) is 1. The van der Waals surface area contributed by atoms with Crippen molar-refractivity contribution in [1.82, 2.24) is 24.8 Å². The molecule has 0 radical (unpaired) electrons. The lowest BCUT2D eigenvalue weighted by Crippen LogP contribution is -2.31. The first-order chi connectivity index (χ1) is 14.2. The maximum absolute atomic E-state index is 12.6. The second-order valence-electron chi connectivity index (χ2n) is 6.12. The van der Waals surface area contributed by atoms with Crippen molar-refractivity contribution < 1.29 is 18.7 Å². The van der Waals surface area contributed by atoms with Crippen LogP contribution in [0.5, 0.6) is 0 Å². The predicted octanol–water partition coefficient (Wildman–Crippen LogP) is 1.72. The maximum Gasteiger partial charge on any atom is 0.263 e. The number of carbonyl (C=O) groups excluding carboxylic acids is 2. The van der Waals surface area contributed by atoms with Crippen LogP contribution in [0.25, 0.3) is 0 Å². The minimum Gasteiger partial charge on any atom is -0.451 e. The Morgan fingerprint density at radius 1 is 1.38 bits per heavy atom. The topological polar surface area (TPSA) is 115 Å². The van der Waals surface area contributed by atoms with Crippen LogP contribution < -0.4 is 10.2 Å². The minimum absolute atomic E-state index is 0.170. The number of nitrogens with one attached hydrogen (secondary N) is 1. The van der Waals surface area contributed by atoms with Crippen molar-refractivity contribution in [1.29, 1.82) is 0 Å². The van der Waals surface area contributed by atoms with E-state index < -0.39 is 0 Å². The molecule has 0 atom stereocenters. The van der Waals surface area contributed by atoms with Crippen LogP contribution in [0.1, 0.15) is 28.2 Å². The number of aromatic nitrogens is 4. The van der Waals surface area contributed by atoms with Gasteiger partial charge in [-0.2, -0.15) is 0 Å². The van der Waals surface area contributed by atoms with Gasteiger partial charge in [0.15, 0.2) is 11.5 Å². The van der Waals surface area contributed by atoms with Gasteiger partial charge in [-0.1, -0.05) is 11.3 Å². The fourth-order valence-corrected chi connectivity index (χ4v) is 3.38. The lowest BCUT2D eigenvalue weighted by molar-refractivity contribution is -0.119. The molecule has 0 aliphatic carbocycles. The fraction of sp³-hybridized carbons (Fsp3) is 0.389. The van der Waals surface area contributed by atoms with Gasteiger partial charge in [0.1, 0.15) is 11.1 Å². The summed E-state index contributed by atoms with van der Waals surface area (Å²) in [6.45, 7) is 1.80. The van der Waals surface area contributed by atoms with Crippen molar-refractivity contribution in [2.75, 3.05) is 25.2 Å². The number of oxazole rings is 1. The number of rotatable bonds is 11. The van der Waals surface area contributed by atoms with E-state index in [1.165, 1.54) is 30.9 Å². The molecule has 3 aromatic heterocycles. The molecule has 2 amide bonds. The van der Waals surface area contributed by atoms with Gasteiger partial charge < -0.3 is 19.0 Å². The molecular formula is C18H22N6O4S. The number of aryl methyl sites for hydroxylation is 1. The smallest absolute Gasteiger partial charge is 0.263 e. The summed E-state index contributed by atoms with van der Waals surface area (Å²) in [6.07, 6.45) is 10.6. The molecule has 29 heavy (non-hydrogen) atoms. The van der Waals surface area contributed by atoms with Crippen molar-refractivity contribution in [2.24, 2.45) is 0 Å². The van der Waals surface area contributed by atoms with Crippen LogP contribution in [0.3, 0.4) is 0 Å². The van der Waals surface area contributed by atoms with Gasteiger partial charge in [0, 0.05) is 32.6 Å². The Labute approximate surface area is 171 Å². The third kappa shape index (κ3) is 5.96. The van der Waals surface area contributed by atoms with Crippen molar-refractivity contribution in [2.45, 2.75) is 25.9 Å². The molecule has 0 unspecified atom stereocenters. The highest BCUT2D eigenvalue weighted by atomic mass is 32.1. The Morgan fingerprint density at radius 3 is 3.00 bits per heavy atom. The second-order valence-corrected chi connectivity index (χ2v) is 7.13. The van der Waals surface area contributed by atoms with E-state index in [1.54, 1.807) is 12.5 Å². The minimum atomic E-state index is -0.217. The van der Waals surface area contributed by atoms with E-state index in [9.17, 15) is 9.59 Å². The number of methoxy groups -OCH3 is 1. The zero-order chi connectivity index (χ0) is 20.5. The average molecular weight is 418 g/mol. The molecule has 3 heterocycles. The van der Waals surface area contributed by atoms with Crippen molar-refractivity contribution >= 4 is 28.3 Å². The van der Waals surface area contributed by atoms with Crippen LogP contribution >= 0.6 is 11.3 Å². The number of imidazole rings is 1. The molecular weight excluding hydrogens is 396 g/mol. The van der Waals surface area contributed by atoms with Gasteiger partial charge in [0.25, 0.3) is 5.91 Å². The number of amides is 2. The summed E-state index contributed by atoms with van der Waals surface area (Å²) in [4.78, 5) is 39.2. The Balaban J connectivity index is 1.59. The molecule has 154 valence electrons. The first-order valence-corrected chi connectivity index (χ1v) is 9.85. The van der Waals surface area contributed by atoms with E-state index in [0.29, 0.717) is 28.9 Å². The van der Waals surface area contributed by atoms with Crippen molar-refractivity contribution in [3.05, 3.63) is 48.1 Å². The summed E-state index contributed by atoms with van der Waals surface area (Å²) in [7, 11) is 1.54. The van der Waals surface area contributed by atoms with Crippen LogP contribution in [-0.4, -0.2) is 51.6 Å². The zero-order valence-corrected chi connectivity index (χ0v) is 16.8. The number of hydrogen-bond acceptors (Lipinski definition) is 8. The average Bonchev–Trinajstić information content (AvgIpc) is 3.49. The number of nitrogens with zero attached hydrogens (tertiary/aromatic N) is 5. The Morgan fingerprint density at radius 2 is 2.28 bits per heavy atom. The summed E-state index contributed by atoms with van der Waals surface area (Å²) in [6, 6.07) is 0. The van der Waals surface area contributed by atoms with Crippen LogP contribution in [0.2, 0.25) is 0 Å². The molecule has 10 nitrogen and oxygen atoms in total. The fourth-order valence-electron chi connectivity index (χ4n) is 2.53. The molecule has 0 saturated carbocycles. The third-order valence-electron chi connectivity index (χ3n) is 4.01. The highest BCUT2D eigenvalue weighted by Crippen LogP contribution is 2.25. The molecule has 3 rings (SSSR count). The van der Waals surface area contributed by atoms with Gasteiger partial charge in [-0.05, 0) is 6.42 Å². The SMILES string of the molecule is COCCC(=O)N(Cc1cocn1)c1ncc(C(=O)NCCCn2ccnc2)s1. The van der Waals surface area contributed by atoms with Gasteiger partial charge in [-0.25, -0.2) is 15.0 Å². The number of anilines is 1. The van der Waals surface area contributed by atoms with E-state index in [1.807, 2.05) is 10.8 Å². The maximum atomic E-state index is 12.6. The highest BCUT2D eigenvalue weighted by Gasteiger charge is 2.22. The molecule has 1 N–H and O–H groups in total. The summed E-state index contributed by atoms with van der Waals surface area (Å²) in [5, 5.41) is 3.30. The van der Waals surface area contributed by atoms with Crippen LogP contribution in [0, 0.1) is 0 Å². The van der Waals surface area contributed by atoms with Crippen molar-refractivity contribution in [3.8, 4) is 0 Å². The van der Waals surface area contributed by atoms with E-state index in [-0.39, 0.29) is 24.8 Å². The van der Waals surface area contributed by atoms with E-state index >= 15 is 0 Å². The Bertz CT molecular complexity index is 894. The zero-order valence-electron chi connectivity index (χ0n) is 16.0. The standard InChI is InChI=1S/C18H22N6O4S/c1-27-8-3-16(25)24(10-14-11-28-13-22-14)18-21-9-15(29-18)17(26)20-4-2-6-23-7-5-19-12-23/h5,7,9,11-13H,2-4,6,8,10H2,1H3,(H,20,26). The predicted molar refractivity (Wildman–Crippen MR) is 105 cm³/mol. The van der Waals surface area contributed by atoms with E-state index in [2.05, 4.69) is 20.3 Å². The van der Waals surface area contributed by atoms with Crippen LogP contribution in [0.4, 0.5) is 5.13 Å². The van der Waals surface area contributed by atoms with Crippen LogP contribution in [-0.2, 0) is 22.6 Å². The van der Waals surface area contributed by atoms with E-state index in [0.717, 1.165) is 24.3 Å². The molecule has 3 aromatic rings. The first kappa shape index (κ1) is 20.7. The quantitative estimate of drug-likeness (QED) is 0.471. The number of carbonyl (C=O) groups is 2. The molecule has 0 aromatic carbocycles. The molecule has 0 bridgehead atoms. The number of ether oxygens (including phenoxy) is 1. The lowest BCUT2D eigenvalue weighted by atomic mass is 10.3. The summed E-state index contributed by atoms with van der Waals surface area (Å²) in [5.41, 5.74) is 0.594. The van der Waals surface area contributed by atoms with Gasteiger partial charge >= 0.3 is 0 Å². The molecule has 0 aliphatic rings. The number of thiazole rings is 1. The molecule has 0 saturated heterocycles. The van der Waals surface area contributed by atoms with Crippen molar-refractivity contribution in [3.63, 3.8) is 0 Å². The molecule has 11 heteroatoms. The summed E-state index contributed by atoms with van der Waals surface area (Å²) in [5.74, 6) is -0.387.